The Hall–Kier alpha value is -1.32. The van der Waals surface area contributed by atoms with E-state index < -0.39 is 0 Å². The molecule has 0 radical (unpaired) electrons. The number of aryl methyl sites for hydroxylation is 1. The van der Waals surface area contributed by atoms with E-state index in [2.05, 4.69) is 70.4 Å². The van der Waals surface area contributed by atoms with E-state index in [1.54, 1.807) is 0 Å². The summed E-state index contributed by atoms with van der Waals surface area (Å²) in [4.78, 5) is 0. The Bertz CT molecular complexity index is 708. The first-order valence-corrected chi connectivity index (χ1v) is 9.26. The van der Waals surface area contributed by atoms with E-state index in [0.29, 0.717) is 0 Å². The zero-order chi connectivity index (χ0) is 17.5. The van der Waals surface area contributed by atoms with Crippen LogP contribution in [0.15, 0.2) is 24.3 Å². The summed E-state index contributed by atoms with van der Waals surface area (Å²) in [6, 6.07) is 8.71. The molecular formula is C21H31NO2. The lowest BCUT2D eigenvalue weighted by Gasteiger charge is -2.25. The van der Waals surface area contributed by atoms with Gasteiger partial charge in [-0.05, 0) is 52.7 Å². The average molecular weight is 329 g/mol. The second-order valence-corrected chi connectivity index (χ2v) is 8.10. The van der Waals surface area contributed by atoms with Crippen LogP contribution >= 0.6 is 0 Å². The van der Waals surface area contributed by atoms with Crippen molar-refractivity contribution in [3.63, 3.8) is 0 Å². The highest BCUT2D eigenvalue weighted by Crippen LogP contribution is 2.46. The lowest BCUT2D eigenvalue weighted by molar-refractivity contribution is -0.0885. The Morgan fingerprint density at radius 3 is 2.54 bits per heavy atom. The van der Waals surface area contributed by atoms with Gasteiger partial charge in [0.25, 0.3) is 0 Å². The monoisotopic (exact) mass is 329 g/mol. The molecule has 3 rings (SSSR count). The Morgan fingerprint density at radius 2 is 1.92 bits per heavy atom. The van der Waals surface area contributed by atoms with Crippen LogP contribution in [0.25, 0.3) is 10.9 Å². The fourth-order valence-electron chi connectivity index (χ4n) is 3.89. The molecule has 1 aromatic heterocycles. The second kappa shape index (κ2) is 6.53. The summed E-state index contributed by atoms with van der Waals surface area (Å²) >= 11 is 0. The van der Waals surface area contributed by atoms with Gasteiger partial charge in [0.15, 0.2) is 0 Å². The number of hydrogen-bond acceptors (Lipinski definition) is 2. The van der Waals surface area contributed by atoms with Crippen molar-refractivity contribution in [2.45, 2.75) is 84.8 Å². The maximum absolute atomic E-state index is 6.45. The van der Waals surface area contributed by atoms with Gasteiger partial charge in [-0.3, -0.25) is 0 Å². The van der Waals surface area contributed by atoms with Gasteiger partial charge in [-0.2, -0.15) is 0 Å². The predicted octanol–water partition coefficient (Wildman–Crippen LogP) is 5.78. The number of hydrogen-bond donors (Lipinski definition) is 0. The molecule has 3 heteroatoms. The third kappa shape index (κ3) is 3.25. The van der Waals surface area contributed by atoms with Crippen molar-refractivity contribution >= 4 is 10.9 Å². The summed E-state index contributed by atoms with van der Waals surface area (Å²) in [5.41, 5.74) is 3.89. The SMILES string of the molecule is CCCc1c2n(c3ccccc13)C(OC(C)C)CC2OC(C)(C)C. The quantitative estimate of drug-likeness (QED) is 0.694. The number of benzene rings is 1. The topological polar surface area (TPSA) is 23.4 Å². The lowest BCUT2D eigenvalue weighted by Crippen LogP contribution is -2.22. The van der Waals surface area contributed by atoms with Crippen LogP contribution in [-0.2, 0) is 15.9 Å². The summed E-state index contributed by atoms with van der Waals surface area (Å²) in [6.07, 6.45) is 3.48. The highest BCUT2D eigenvalue weighted by atomic mass is 16.5. The number of rotatable bonds is 5. The first-order valence-electron chi connectivity index (χ1n) is 9.26. The largest absolute Gasteiger partial charge is 0.366 e. The van der Waals surface area contributed by atoms with Gasteiger partial charge in [0.1, 0.15) is 12.3 Å². The first-order chi connectivity index (χ1) is 11.3. The molecular weight excluding hydrogens is 298 g/mol. The van der Waals surface area contributed by atoms with Crippen LogP contribution in [-0.4, -0.2) is 16.3 Å². The maximum Gasteiger partial charge on any atom is 0.137 e. The molecule has 0 spiro atoms. The standard InChI is InChI=1S/C21H31NO2/c1-7-10-16-15-11-8-9-12-17(15)22-19(23-14(2)3)13-18(20(16)22)24-21(4,5)6/h8-9,11-12,14,18-19H,7,10,13H2,1-6H3. The molecule has 0 saturated carbocycles. The van der Waals surface area contributed by atoms with Crippen molar-refractivity contribution in [1.82, 2.24) is 4.57 Å². The maximum atomic E-state index is 6.45. The normalized spacial score (nSPS) is 21.0. The minimum atomic E-state index is -0.165. The molecule has 0 saturated heterocycles. The van der Waals surface area contributed by atoms with Crippen LogP contribution in [0.1, 0.15) is 78.0 Å². The van der Waals surface area contributed by atoms with E-state index in [1.165, 1.54) is 22.2 Å². The minimum Gasteiger partial charge on any atom is -0.366 e. The van der Waals surface area contributed by atoms with E-state index in [0.717, 1.165) is 19.3 Å². The van der Waals surface area contributed by atoms with E-state index >= 15 is 0 Å². The smallest absolute Gasteiger partial charge is 0.137 e. The fraction of sp³-hybridized carbons (Fsp3) is 0.619. The predicted molar refractivity (Wildman–Crippen MR) is 99.4 cm³/mol. The number of para-hydroxylation sites is 1. The van der Waals surface area contributed by atoms with Gasteiger partial charge in [0.05, 0.1) is 22.9 Å². The number of aromatic nitrogens is 1. The van der Waals surface area contributed by atoms with Crippen molar-refractivity contribution in [2.75, 3.05) is 0 Å². The second-order valence-electron chi connectivity index (χ2n) is 8.10. The molecule has 0 aliphatic carbocycles. The van der Waals surface area contributed by atoms with Gasteiger partial charge in [0.2, 0.25) is 0 Å². The highest BCUT2D eigenvalue weighted by molar-refractivity contribution is 5.86. The number of fused-ring (bicyclic) bond motifs is 3. The van der Waals surface area contributed by atoms with Crippen LogP contribution < -0.4 is 0 Å². The van der Waals surface area contributed by atoms with Crippen molar-refractivity contribution in [3.05, 3.63) is 35.5 Å². The molecule has 2 atom stereocenters. The average Bonchev–Trinajstić information content (AvgIpc) is 2.96. The van der Waals surface area contributed by atoms with Crippen LogP contribution in [0.3, 0.4) is 0 Å². The molecule has 1 aliphatic rings. The van der Waals surface area contributed by atoms with Crippen molar-refractivity contribution < 1.29 is 9.47 Å². The van der Waals surface area contributed by atoms with Crippen molar-refractivity contribution in [3.8, 4) is 0 Å². The molecule has 0 N–H and O–H groups in total. The van der Waals surface area contributed by atoms with Gasteiger partial charge in [-0.15, -0.1) is 0 Å². The van der Waals surface area contributed by atoms with Gasteiger partial charge < -0.3 is 14.0 Å². The summed E-state index contributed by atoms with van der Waals surface area (Å²) < 4.78 is 15.1. The van der Waals surface area contributed by atoms with Gasteiger partial charge in [-0.1, -0.05) is 31.5 Å². The zero-order valence-electron chi connectivity index (χ0n) is 15.9. The molecule has 1 aliphatic heterocycles. The molecule has 1 aromatic carbocycles. The number of ether oxygens (including phenoxy) is 2. The number of nitrogens with zero attached hydrogens (tertiary/aromatic N) is 1. The van der Waals surface area contributed by atoms with Crippen LogP contribution in [0.5, 0.6) is 0 Å². The fourth-order valence-corrected chi connectivity index (χ4v) is 3.89. The highest BCUT2D eigenvalue weighted by Gasteiger charge is 2.38. The zero-order valence-corrected chi connectivity index (χ0v) is 15.9. The lowest BCUT2D eigenvalue weighted by atomic mass is 10.0. The summed E-state index contributed by atoms with van der Waals surface area (Å²) in [5, 5.41) is 1.36. The molecule has 3 nitrogen and oxygen atoms in total. The molecule has 24 heavy (non-hydrogen) atoms. The van der Waals surface area contributed by atoms with Gasteiger partial charge in [0, 0.05) is 11.8 Å². The van der Waals surface area contributed by atoms with Crippen LogP contribution in [0.2, 0.25) is 0 Å². The minimum absolute atomic E-state index is 0.0582. The van der Waals surface area contributed by atoms with Gasteiger partial charge in [-0.25, -0.2) is 0 Å². The van der Waals surface area contributed by atoms with E-state index in [-0.39, 0.29) is 24.0 Å². The molecule has 2 aromatic rings. The molecule has 132 valence electrons. The summed E-state index contributed by atoms with van der Waals surface area (Å²) in [6.45, 7) is 12.9. The third-order valence-corrected chi connectivity index (χ3v) is 4.49. The third-order valence-electron chi connectivity index (χ3n) is 4.49. The summed E-state index contributed by atoms with van der Waals surface area (Å²) in [5.74, 6) is 0. The Morgan fingerprint density at radius 1 is 1.21 bits per heavy atom. The molecule has 0 amide bonds. The molecule has 0 fully saturated rings. The molecule has 2 heterocycles. The Labute approximate surface area is 145 Å². The van der Waals surface area contributed by atoms with E-state index in [9.17, 15) is 0 Å². The van der Waals surface area contributed by atoms with Crippen molar-refractivity contribution in [1.29, 1.82) is 0 Å². The van der Waals surface area contributed by atoms with Crippen molar-refractivity contribution in [2.24, 2.45) is 0 Å². The Kier molecular flexibility index (Phi) is 4.76. The molecule has 0 bridgehead atoms. The summed E-state index contributed by atoms with van der Waals surface area (Å²) in [7, 11) is 0. The first kappa shape index (κ1) is 17.5. The van der Waals surface area contributed by atoms with Gasteiger partial charge >= 0.3 is 0 Å². The van der Waals surface area contributed by atoms with Crippen LogP contribution in [0, 0.1) is 0 Å². The van der Waals surface area contributed by atoms with E-state index in [4.69, 9.17) is 9.47 Å². The van der Waals surface area contributed by atoms with Crippen LogP contribution in [0.4, 0.5) is 0 Å². The Balaban J connectivity index is 2.16. The van der Waals surface area contributed by atoms with E-state index in [1.807, 2.05) is 0 Å². The molecule has 2 unspecified atom stereocenters.